The maximum absolute atomic E-state index is 13.5. The predicted octanol–water partition coefficient (Wildman–Crippen LogP) is 2.77. The van der Waals surface area contributed by atoms with Crippen LogP contribution in [0.2, 0.25) is 5.02 Å². The van der Waals surface area contributed by atoms with Gasteiger partial charge in [-0.05, 0) is 30.3 Å². The molecule has 1 aromatic carbocycles. The van der Waals surface area contributed by atoms with Gasteiger partial charge in [-0.1, -0.05) is 11.6 Å². The van der Waals surface area contributed by atoms with Gasteiger partial charge in [0.2, 0.25) is 0 Å². The third-order valence-electron chi connectivity index (χ3n) is 3.24. The molecule has 10 heteroatoms. The summed E-state index contributed by atoms with van der Waals surface area (Å²) in [4.78, 5) is 11.3. The van der Waals surface area contributed by atoms with Crippen LogP contribution in [0.15, 0.2) is 60.1 Å². The minimum atomic E-state index is -4.18. The summed E-state index contributed by atoms with van der Waals surface area (Å²) in [6, 6.07) is 6.29. The van der Waals surface area contributed by atoms with Crippen molar-refractivity contribution < 1.29 is 12.8 Å². The highest BCUT2D eigenvalue weighted by atomic mass is 35.5. The lowest BCUT2D eigenvalue weighted by molar-refractivity contribution is 0.596. The molecule has 0 amide bonds. The Bertz CT molecular complexity index is 1020. The Hall–Kier alpha value is -2.78. The molecule has 0 saturated carbocycles. The Kier molecular flexibility index (Phi) is 4.51. The molecule has 0 bridgehead atoms. The molecule has 3 aromatic rings. The van der Waals surface area contributed by atoms with Crippen LogP contribution in [0.4, 0.5) is 21.6 Å². The van der Waals surface area contributed by atoms with E-state index in [2.05, 4.69) is 15.0 Å². The zero-order valence-electron chi connectivity index (χ0n) is 12.5. The number of aromatic nitrogens is 3. The smallest absolute Gasteiger partial charge is 0.272 e. The summed E-state index contributed by atoms with van der Waals surface area (Å²) in [6.07, 6.45) is 5.23. The van der Waals surface area contributed by atoms with Gasteiger partial charge >= 0.3 is 0 Å². The van der Waals surface area contributed by atoms with E-state index in [4.69, 9.17) is 17.3 Å². The molecular formula is C15H11ClFN5O2S. The third kappa shape index (κ3) is 3.24. The van der Waals surface area contributed by atoms with Gasteiger partial charge in [0.15, 0.2) is 0 Å². The van der Waals surface area contributed by atoms with Crippen LogP contribution in [0.5, 0.6) is 0 Å². The molecule has 2 aromatic heterocycles. The van der Waals surface area contributed by atoms with Crippen LogP contribution in [-0.4, -0.2) is 23.4 Å². The van der Waals surface area contributed by atoms with Crippen molar-refractivity contribution in [3.05, 3.63) is 66.1 Å². The average molecular weight is 380 g/mol. The lowest BCUT2D eigenvalue weighted by atomic mass is 10.3. The number of halogens is 2. The zero-order valence-corrected chi connectivity index (χ0v) is 14.1. The van der Waals surface area contributed by atoms with Crippen LogP contribution in [0.25, 0.3) is 0 Å². The van der Waals surface area contributed by atoms with Gasteiger partial charge < -0.3 is 5.73 Å². The Morgan fingerprint density at radius 1 is 1.12 bits per heavy atom. The number of nitrogens with zero attached hydrogens (tertiary/aromatic N) is 4. The van der Waals surface area contributed by atoms with Crippen LogP contribution in [0.1, 0.15) is 0 Å². The largest absolute Gasteiger partial charge is 0.383 e. The van der Waals surface area contributed by atoms with Crippen LogP contribution in [-0.2, 0) is 10.0 Å². The second-order valence-electron chi connectivity index (χ2n) is 4.85. The second-order valence-corrected chi connectivity index (χ2v) is 7.01. The van der Waals surface area contributed by atoms with E-state index in [0.717, 1.165) is 10.4 Å². The van der Waals surface area contributed by atoms with E-state index in [1.165, 1.54) is 49.2 Å². The molecule has 0 unspecified atom stereocenters. The molecule has 0 aliphatic carbocycles. The summed E-state index contributed by atoms with van der Waals surface area (Å²) in [5.74, 6) is -0.842. The second kappa shape index (κ2) is 6.61. The third-order valence-corrected chi connectivity index (χ3v) is 5.33. The number of hydrogen-bond acceptors (Lipinski definition) is 6. The van der Waals surface area contributed by atoms with Crippen LogP contribution in [0.3, 0.4) is 0 Å². The van der Waals surface area contributed by atoms with Crippen molar-refractivity contribution in [3.63, 3.8) is 0 Å². The van der Waals surface area contributed by atoms with Gasteiger partial charge in [-0.3, -0.25) is 0 Å². The highest BCUT2D eigenvalue weighted by molar-refractivity contribution is 7.93. The van der Waals surface area contributed by atoms with E-state index >= 15 is 0 Å². The molecule has 7 nitrogen and oxygen atoms in total. The van der Waals surface area contributed by atoms with Crippen LogP contribution >= 0.6 is 11.6 Å². The first-order chi connectivity index (χ1) is 11.9. The number of nitrogen functional groups attached to an aromatic ring is 1. The molecule has 0 aliphatic heterocycles. The van der Waals surface area contributed by atoms with Gasteiger partial charge in [-0.15, -0.1) is 0 Å². The van der Waals surface area contributed by atoms with Crippen molar-refractivity contribution in [3.8, 4) is 0 Å². The molecule has 0 aliphatic rings. The minimum absolute atomic E-state index is 0.101. The number of nitrogens with two attached hydrogens (primary N) is 1. The van der Waals surface area contributed by atoms with Crippen molar-refractivity contribution in [1.29, 1.82) is 0 Å². The maximum atomic E-state index is 13.5. The molecular weight excluding hydrogens is 369 g/mol. The van der Waals surface area contributed by atoms with Gasteiger partial charge in [0.25, 0.3) is 10.0 Å². The summed E-state index contributed by atoms with van der Waals surface area (Å²) in [5, 5.41) is -0.228. The predicted molar refractivity (Wildman–Crippen MR) is 91.4 cm³/mol. The van der Waals surface area contributed by atoms with E-state index in [9.17, 15) is 12.8 Å². The van der Waals surface area contributed by atoms with E-state index in [1.54, 1.807) is 0 Å². The molecule has 2 N–H and O–H groups in total. The van der Waals surface area contributed by atoms with Crippen molar-refractivity contribution in [2.45, 2.75) is 4.90 Å². The van der Waals surface area contributed by atoms with E-state index in [-0.39, 0.29) is 27.1 Å². The lowest BCUT2D eigenvalue weighted by Crippen LogP contribution is -2.27. The summed E-state index contributed by atoms with van der Waals surface area (Å²) >= 11 is 5.81. The fourth-order valence-corrected chi connectivity index (χ4v) is 3.86. The first-order valence-corrected chi connectivity index (χ1v) is 8.69. The zero-order chi connectivity index (χ0) is 18.0. The number of benzene rings is 1. The molecule has 0 atom stereocenters. The molecule has 0 saturated heterocycles. The number of anilines is 3. The fraction of sp³-hybridized carbons (Fsp3) is 0. The van der Waals surface area contributed by atoms with Crippen molar-refractivity contribution in [2.24, 2.45) is 0 Å². The highest BCUT2D eigenvalue weighted by Gasteiger charge is 2.30. The number of pyridine rings is 1. The average Bonchev–Trinajstić information content (AvgIpc) is 2.59. The summed E-state index contributed by atoms with van der Waals surface area (Å²) in [5.41, 5.74) is 5.95. The van der Waals surface area contributed by atoms with Gasteiger partial charge in [-0.25, -0.2) is 32.1 Å². The Morgan fingerprint density at radius 3 is 2.48 bits per heavy atom. The highest BCUT2D eigenvalue weighted by Crippen LogP contribution is 2.34. The van der Waals surface area contributed by atoms with E-state index in [1.807, 2.05) is 0 Å². The SMILES string of the molecule is Nc1ncccc1S(=O)(=O)N(c1cncnc1)c1ccc(F)c(Cl)c1. The Balaban J connectivity index is 2.25. The van der Waals surface area contributed by atoms with Crippen LogP contribution < -0.4 is 10.0 Å². The molecule has 25 heavy (non-hydrogen) atoms. The summed E-state index contributed by atoms with van der Waals surface area (Å²) in [6.45, 7) is 0. The maximum Gasteiger partial charge on any atom is 0.272 e. The van der Waals surface area contributed by atoms with Gasteiger partial charge in [0.1, 0.15) is 22.9 Å². The monoisotopic (exact) mass is 379 g/mol. The van der Waals surface area contributed by atoms with Crippen molar-refractivity contribution >= 4 is 38.8 Å². The quantitative estimate of drug-likeness (QED) is 0.747. The number of sulfonamides is 1. The van der Waals surface area contributed by atoms with E-state index in [0.29, 0.717) is 0 Å². The number of rotatable bonds is 4. The summed E-state index contributed by atoms with van der Waals surface area (Å²) < 4.78 is 40.7. The van der Waals surface area contributed by atoms with Gasteiger partial charge in [0, 0.05) is 6.20 Å². The van der Waals surface area contributed by atoms with Crippen LogP contribution in [0, 0.1) is 5.82 Å². The Labute approximate surface area is 148 Å². The van der Waals surface area contributed by atoms with E-state index < -0.39 is 15.8 Å². The van der Waals surface area contributed by atoms with Crippen molar-refractivity contribution in [2.75, 3.05) is 10.0 Å². The first kappa shape index (κ1) is 17.1. The molecule has 0 fully saturated rings. The Morgan fingerprint density at radius 2 is 1.84 bits per heavy atom. The lowest BCUT2D eigenvalue weighted by Gasteiger charge is -2.24. The summed E-state index contributed by atoms with van der Waals surface area (Å²) in [7, 11) is -4.18. The topological polar surface area (TPSA) is 102 Å². The van der Waals surface area contributed by atoms with Gasteiger partial charge in [0.05, 0.1) is 28.8 Å². The first-order valence-electron chi connectivity index (χ1n) is 6.87. The van der Waals surface area contributed by atoms with Crippen molar-refractivity contribution in [1.82, 2.24) is 15.0 Å². The van der Waals surface area contributed by atoms with Gasteiger partial charge in [-0.2, -0.15) is 0 Å². The molecule has 0 spiro atoms. The molecule has 3 rings (SSSR count). The molecule has 0 radical (unpaired) electrons. The number of hydrogen-bond donors (Lipinski definition) is 1. The fourth-order valence-electron chi connectivity index (χ4n) is 2.15. The molecule has 2 heterocycles. The molecule has 128 valence electrons. The minimum Gasteiger partial charge on any atom is -0.383 e. The normalized spacial score (nSPS) is 11.3. The standard InChI is InChI=1S/C15H11ClFN5O2S/c16-12-6-10(3-4-13(12)17)22(11-7-19-9-20-8-11)25(23,24)14-2-1-5-21-15(14)18/h1-9H,(H2,18,21).